The van der Waals surface area contributed by atoms with Crippen LogP contribution in [-0.2, 0) is 4.79 Å². The predicted molar refractivity (Wildman–Crippen MR) is 110 cm³/mol. The summed E-state index contributed by atoms with van der Waals surface area (Å²) >= 11 is 7.64. The summed E-state index contributed by atoms with van der Waals surface area (Å²) < 4.78 is 7.15. The number of halogens is 1. The highest BCUT2D eigenvalue weighted by Gasteiger charge is 2.15. The second-order valence-electron chi connectivity index (χ2n) is 6.18. The molecule has 1 amide bonds. The number of nitrogens with one attached hydrogen (secondary N) is 1. The molecule has 0 radical (unpaired) electrons. The number of benzene rings is 1. The van der Waals surface area contributed by atoms with Gasteiger partial charge in [-0.3, -0.25) is 9.20 Å². The highest BCUT2D eigenvalue weighted by atomic mass is 35.5. The van der Waals surface area contributed by atoms with E-state index in [-0.39, 0.29) is 11.9 Å². The van der Waals surface area contributed by atoms with Crippen LogP contribution in [-0.4, -0.2) is 47.9 Å². The number of nitrogens with zero attached hydrogens (tertiary/aromatic N) is 3. The standard InChI is InChI=1S/C19H21ClN4O2S/c1-23(2)16(13-5-4-6-14(11-13)26-3)12-21-17(25)8-7-15-18(20)22-19-24(15)9-10-27-19/h4-11,16H,12H2,1-3H3,(H,21,25). The summed E-state index contributed by atoms with van der Waals surface area (Å²) in [5.74, 6) is 0.603. The van der Waals surface area contributed by atoms with Gasteiger partial charge in [0.2, 0.25) is 5.91 Å². The molecule has 0 aliphatic heterocycles. The Morgan fingerprint density at radius 2 is 2.30 bits per heavy atom. The summed E-state index contributed by atoms with van der Waals surface area (Å²) in [4.78, 5) is 19.4. The highest BCUT2D eigenvalue weighted by Crippen LogP contribution is 2.23. The van der Waals surface area contributed by atoms with Gasteiger partial charge in [0.05, 0.1) is 18.8 Å². The van der Waals surface area contributed by atoms with E-state index in [9.17, 15) is 4.79 Å². The Hall–Kier alpha value is -2.35. The lowest BCUT2D eigenvalue weighted by molar-refractivity contribution is -0.116. The summed E-state index contributed by atoms with van der Waals surface area (Å²) in [6.45, 7) is 0.470. The number of methoxy groups -OCH3 is 1. The molecule has 27 heavy (non-hydrogen) atoms. The van der Waals surface area contributed by atoms with Crippen molar-refractivity contribution in [2.24, 2.45) is 0 Å². The van der Waals surface area contributed by atoms with E-state index in [1.54, 1.807) is 13.2 Å². The zero-order valence-corrected chi connectivity index (χ0v) is 16.9. The van der Waals surface area contributed by atoms with Gasteiger partial charge in [-0.15, -0.1) is 11.3 Å². The minimum atomic E-state index is -0.189. The number of imidazole rings is 1. The molecule has 3 aromatic rings. The number of carbonyl (C=O) groups is 1. The first kappa shape index (κ1) is 19.4. The van der Waals surface area contributed by atoms with Gasteiger partial charge in [-0.05, 0) is 37.9 Å². The predicted octanol–water partition coefficient (Wildman–Crippen LogP) is 3.49. The monoisotopic (exact) mass is 404 g/mol. The molecule has 0 saturated heterocycles. The molecule has 0 spiro atoms. The van der Waals surface area contributed by atoms with Gasteiger partial charge in [0, 0.05) is 24.2 Å². The maximum absolute atomic E-state index is 12.3. The first-order chi connectivity index (χ1) is 13.0. The van der Waals surface area contributed by atoms with Gasteiger partial charge < -0.3 is 15.0 Å². The largest absolute Gasteiger partial charge is 0.497 e. The number of amides is 1. The quantitative estimate of drug-likeness (QED) is 0.612. The van der Waals surface area contributed by atoms with Crippen LogP contribution in [0.4, 0.5) is 0 Å². The Kier molecular flexibility index (Phi) is 6.15. The van der Waals surface area contributed by atoms with Gasteiger partial charge in [-0.2, -0.15) is 0 Å². The van der Waals surface area contributed by atoms with Crippen LogP contribution in [0, 0.1) is 0 Å². The molecule has 3 rings (SSSR count). The number of ether oxygens (including phenoxy) is 1. The smallest absolute Gasteiger partial charge is 0.244 e. The van der Waals surface area contributed by atoms with Gasteiger partial charge in [0.15, 0.2) is 10.1 Å². The molecule has 0 fully saturated rings. The van der Waals surface area contributed by atoms with Crippen molar-refractivity contribution < 1.29 is 9.53 Å². The van der Waals surface area contributed by atoms with Crippen LogP contribution < -0.4 is 10.1 Å². The van der Waals surface area contributed by atoms with E-state index >= 15 is 0 Å². The fourth-order valence-electron chi connectivity index (χ4n) is 2.78. The van der Waals surface area contributed by atoms with Gasteiger partial charge in [-0.25, -0.2) is 4.98 Å². The molecule has 1 N–H and O–H groups in total. The zero-order valence-electron chi connectivity index (χ0n) is 15.3. The Morgan fingerprint density at radius 3 is 3.04 bits per heavy atom. The fraction of sp³-hybridized carbons (Fsp3) is 0.263. The van der Waals surface area contributed by atoms with Crippen molar-refractivity contribution in [2.75, 3.05) is 27.7 Å². The number of hydrogen-bond donors (Lipinski definition) is 1. The molecule has 142 valence electrons. The summed E-state index contributed by atoms with van der Waals surface area (Å²) in [7, 11) is 5.60. The molecule has 0 aliphatic carbocycles. The molecular weight excluding hydrogens is 384 g/mol. The number of hydrogen-bond acceptors (Lipinski definition) is 5. The van der Waals surface area contributed by atoms with E-state index in [1.165, 1.54) is 17.4 Å². The Balaban J connectivity index is 1.67. The Morgan fingerprint density at radius 1 is 1.48 bits per heavy atom. The molecule has 0 saturated carbocycles. The van der Waals surface area contributed by atoms with Crippen LogP contribution in [0.25, 0.3) is 11.0 Å². The summed E-state index contributed by atoms with van der Waals surface area (Å²) in [5, 5.41) is 5.25. The minimum Gasteiger partial charge on any atom is -0.497 e. The topological polar surface area (TPSA) is 58.9 Å². The van der Waals surface area contributed by atoms with Gasteiger partial charge in [-0.1, -0.05) is 23.7 Å². The van der Waals surface area contributed by atoms with Gasteiger partial charge >= 0.3 is 0 Å². The normalized spacial score (nSPS) is 12.8. The number of likely N-dealkylation sites (N-methyl/N-ethyl adjacent to an activating group) is 1. The summed E-state index contributed by atoms with van der Waals surface area (Å²) in [6, 6.07) is 7.87. The van der Waals surface area contributed by atoms with Crippen molar-refractivity contribution in [3.05, 3.63) is 58.3 Å². The molecule has 6 nitrogen and oxygen atoms in total. The molecule has 1 aromatic carbocycles. The van der Waals surface area contributed by atoms with Crippen molar-refractivity contribution in [2.45, 2.75) is 6.04 Å². The third kappa shape index (κ3) is 4.50. The number of carbonyl (C=O) groups excluding carboxylic acids is 1. The lowest BCUT2D eigenvalue weighted by atomic mass is 10.1. The SMILES string of the molecule is COc1cccc(C(CNC(=O)C=Cc2c(Cl)nc3sccn23)N(C)C)c1. The van der Waals surface area contributed by atoms with Gasteiger partial charge in [0.25, 0.3) is 0 Å². The van der Waals surface area contributed by atoms with Crippen molar-refractivity contribution in [3.8, 4) is 5.75 Å². The number of rotatable bonds is 7. The maximum Gasteiger partial charge on any atom is 0.244 e. The minimum absolute atomic E-state index is 0.0274. The maximum atomic E-state index is 12.3. The Labute approximate surface area is 167 Å². The number of fused-ring (bicyclic) bond motifs is 1. The average molecular weight is 405 g/mol. The van der Waals surface area contributed by atoms with Crippen LogP contribution in [0.15, 0.2) is 41.9 Å². The summed E-state index contributed by atoms with van der Waals surface area (Å²) in [6.07, 6.45) is 5.03. The molecule has 0 bridgehead atoms. The summed E-state index contributed by atoms with van der Waals surface area (Å²) in [5.41, 5.74) is 1.77. The zero-order chi connectivity index (χ0) is 19.4. The number of aromatic nitrogens is 2. The van der Waals surface area contributed by atoms with Crippen LogP contribution >= 0.6 is 22.9 Å². The van der Waals surface area contributed by atoms with Crippen molar-refractivity contribution in [1.29, 1.82) is 0 Å². The molecule has 1 atom stereocenters. The van der Waals surface area contributed by atoms with Crippen LogP contribution in [0.5, 0.6) is 5.75 Å². The fourth-order valence-corrected chi connectivity index (χ4v) is 3.79. The van der Waals surface area contributed by atoms with Crippen LogP contribution in [0.3, 0.4) is 0 Å². The molecular formula is C19H21ClN4O2S. The molecule has 0 aliphatic rings. The first-order valence-corrected chi connectivity index (χ1v) is 9.62. The van der Waals surface area contributed by atoms with E-state index in [0.717, 1.165) is 16.3 Å². The van der Waals surface area contributed by atoms with E-state index in [2.05, 4.69) is 15.2 Å². The van der Waals surface area contributed by atoms with E-state index in [0.29, 0.717) is 17.4 Å². The van der Waals surface area contributed by atoms with E-state index < -0.39 is 0 Å². The molecule has 1 unspecified atom stereocenters. The Bertz CT molecular complexity index is 964. The molecule has 8 heteroatoms. The molecule has 2 heterocycles. The van der Waals surface area contributed by atoms with Crippen LogP contribution in [0.2, 0.25) is 5.15 Å². The second kappa shape index (κ2) is 8.56. The molecule has 2 aromatic heterocycles. The van der Waals surface area contributed by atoms with E-state index in [4.69, 9.17) is 16.3 Å². The second-order valence-corrected chi connectivity index (χ2v) is 7.41. The third-order valence-electron chi connectivity index (χ3n) is 4.22. The number of thiazole rings is 1. The first-order valence-electron chi connectivity index (χ1n) is 8.37. The van der Waals surface area contributed by atoms with Crippen molar-refractivity contribution in [1.82, 2.24) is 19.6 Å². The van der Waals surface area contributed by atoms with Gasteiger partial charge in [0.1, 0.15) is 5.75 Å². The third-order valence-corrected chi connectivity index (χ3v) is 5.25. The van der Waals surface area contributed by atoms with Crippen molar-refractivity contribution >= 4 is 39.9 Å². The van der Waals surface area contributed by atoms with E-state index in [1.807, 2.05) is 54.3 Å². The lowest BCUT2D eigenvalue weighted by Crippen LogP contribution is -2.33. The lowest BCUT2D eigenvalue weighted by Gasteiger charge is -2.25. The van der Waals surface area contributed by atoms with Crippen LogP contribution in [0.1, 0.15) is 17.3 Å². The highest BCUT2D eigenvalue weighted by molar-refractivity contribution is 7.15. The average Bonchev–Trinajstić information content (AvgIpc) is 3.20. The van der Waals surface area contributed by atoms with Crippen molar-refractivity contribution in [3.63, 3.8) is 0 Å².